The number of carboxylic acids is 1. The van der Waals surface area contributed by atoms with Crippen molar-refractivity contribution in [1.29, 1.82) is 0 Å². The Morgan fingerprint density at radius 2 is 1.93 bits per heavy atom. The lowest BCUT2D eigenvalue weighted by Crippen LogP contribution is -2.26. The molecular formula is C18H24N2O6Si. The van der Waals surface area contributed by atoms with Gasteiger partial charge in [-0.3, -0.25) is 9.13 Å². The molecule has 8 nitrogen and oxygen atoms in total. The van der Waals surface area contributed by atoms with Gasteiger partial charge in [-0.25, -0.2) is 9.59 Å². The molecule has 0 amide bonds. The fourth-order valence-electron chi connectivity index (χ4n) is 2.91. The fourth-order valence-corrected chi connectivity index (χ4v) is 3.67. The molecule has 0 unspecified atom stereocenters. The Bertz CT molecular complexity index is 945. The van der Waals surface area contributed by atoms with Crippen molar-refractivity contribution in [3.8, 4) is 0 Å². The highest BCUT2D eigenvalue weighted by atomic mass is 28.3. The summed E-state index contributed by atoms with van der Waals surface area (Å²) in [5.74, 6) is -1.09. The van der Waals surface area contributed by atoms with E-state index in [0.29, 0.717) is 23.2 Å². The van der Waals surface area contributed by atoms with Crippen LogP contribution in [0.2, 0.25) is 25.7 Å². The van der Waals surface area contributed by atoms with Crippen LogP contribution in [0.5, 0.6) is 0 Å². The van der Waals surface area contributed by atoms with Gasteiger partial charge in [0, 0.05) is 21.7 Å². The minimum absolute atomic E-state index is 0.0593. The Balaban J connectivity index is 2.04. The molecule has 0 aliphatic carbocycles. The van der Waals surface area contributed by atoms with Crippen molar-refractivity contribution in [2.45, 2.75) is 38.7 Å². The second kappa shape index (κ2) is 7.24. The molecule has 146 valence electrons. The van der Waals surface area contributed by atoms with E-state index in [9.17, 15) is 14.7 Å². The lowest BCUT2D eigenvalue weighted by molar-refractivity contribution is -0.0239. The first-order chi connectivity index (χ1) is 12.7. The number of carbonyl (C=O) groups is 1. The SMILES string of the molecule is Cn1c(=O)n(COCC[Si](C)(C)C)c2c(C3OC=CO3)cc(C(=O)O)cc21. The molecule has 2 heterocycles. The smallest absolute Gasteiger partial charge is 0.335 e. The van der Waals surface area contributed by atoms with Crippen molar-refractivity contribution in [3.05, 3.63) is 46.3 Å². The average Bonchev–Trinajstić information content (AvgIpc) is 3.20. The quantitative estimate of drug-likeness (QED) is 0.575. The highest BCUT2D eigenvalue weighted by Gasteiger charge is 2.26. The van der Waals surface area contributed by atoms with Crippen molar-refractivity contribution < 1.29 is 24.1 Å². The molecule has 1 aromatic heterocycles. The van der Waals surface area contributed by atoms with Crippen LogP contribution in [0.25, 0.3) is 11.0 Å². The third-order valence-electron chi connectivity index (χ3n) is 4.45. The van der Waals surface area contributed by atoms with Gasteiger partial charge in [0.25, 0.3) is 6.29 Å². The summed E-state index contributed by atoms with van der Waals surface area (Å²) >= 11 is 0. The van der Waals surface area contributed by atoms with Gasteiger partial charge in [-0.05, 0) is 18.2 Å². The number of nitrogens with zero attached hydrogens (tertiary/aromatic N) is 2. The molecule has 1 aliphatic heterocycles. The molecule has 0 radical (unpaired) electrons. The number of ether oxygens (including phenoxy) is 3. The van der Waals surface area contributed by atoms with Gasteiger partial charge in [0.05, 0.1) is 22.2 Å². The molecule has 3 rings (SSSR count). The topological polar surface area (TPSA) is 91.9 Å². The number of hydrogen-bond donors (Lipinski definition) is 1. The van der Waals surface area contributed by atoms with E-state index < -0.39 is 20.3 Å². The van der Waals surface area contributed by atoms with Crippen LogP contribution in [0.1, 0.15) is 22.2 Å². The van der Waals surface area contributed by atoms with Gasteiger partial charge in [-0.15, -0.1) is 0 Å². The molecular weight excluding hydrogens is 368 g/mol. The standard InChI is InChI=1S/C18H24N2O6Si/c1-19-14-10-12(16(21)22)9-13(17-25-5-6-26-17)15(14)20(18(19)23)11-24-7-8-27(2,3)4/h5-6,9-10,17H,7-8,11H2,1-4H3,(H,21,22). The van der Waals surface area contributed by atoms with E-state index in [-0.39, 0.29) is 18.0 Å². The number of carboxylic acid groups (broad SMARTS) is 1. The number of imidazole rings is 1. The van der Waals surface area contributed by atoms with Gasteiger partial charge in [0.2, 0.25) is 0 Å². The molecule has 0 fully saturated rings. The van der Waals surface area contributed by atoms with Crippen LogP contribution in [-0.2, 0) is 28.0 Å². The summed E-state index contributed by atoms with van der Waals surface area (Å²) in [4.78, 5) is 24.2. The molecule has 0 saturated heterocycles. The summed E-state index contributed by atoms with van der Waals surface area (Å²) in [6.07, 6.45) is 1.97. The van der Waals surface area contributed by atoms with Gasteiger partial charge < -0.3 is 19.3 Å². The van der Waals surface area contributed by atoms with E-state index in [4.69, 9.17) is 14.2 Å². The molecule has 0 saturated carbocycles. The average molecular weight is 392 g/mol. The Hall–Kier alpha value is -2.52. The van der Waals surface area contributed by atoms with Crippen LogP contribution in [-0.4, -0.2) is 34.9 Å². The van der Waals surface area contributed by atoms with Crippen molar-refractivity contribution in [2.75, 3.05) is 6.61 Å². The lowest BCUT2D eigenvalue weighted by atomic mass is 10.1. The largest absolute Gasteiger partial charge is 0.478 e. The normalized spacial score (nSPS) is 14.5. The lowest BCUT2D eigenvalue weighted by Gasteiger charge is -2.17. The van der Waals surface area contributed by atoms with E-state index in [0.717, 1.165) is 6.04 Å². The zero-order valence-electron chi connectivity index (χ0n) is 15.9. The molecule has 9 heteroatoms. The number of aromatic nitrogens is 2. The van der Waals surface area contributed by atoms with Crippen LogP contribution >= 0.6 is 0 Å². The number of fused-ring (bicyclic) bond motifs is 1. The summed E-state index contributed by atoms with van der Waals surface area (Å²) in [7, 11) is 0.364. The third kappa shape index (κ3) is 3.93. The summed E-state index contributed by atoms with van der Waals surface area (Å²) < 4.78 is 19.5. The monoisotopic (exact) mass is 392 g/mol. The van der Waals surface area contributed by atoms with Crippen molar-refractivity contribution in [3.63, 3.8) is 0 Å². The number of rotatable bonds is 7. The molecule has 0 atom stereocenters. The molecule has 1 aromatic carbocycles. The Morgan fingerprint density at radius 3 is 2.52 bits per heavy atom. The van der Waals surface area contributed by atoms with E-state index in [1.54, 1.807) is 7.05 Å². The van der Waals surface area contributed by atoms with Gasteiger partial charge in [-0.1, -0.05) is 19.6 Å². The second-order valence-corrected chi connectivity index (χ2v) is 13.4. The highest BCUT2D eigenvalue weighted by molar-refractivity contribution is 6.76. The minimum atomic E-state index is -1.24. The molecule has 1 aliphatic rings. The summed E-state index contributed by atoms with van der Waals surface area (Å²) in [5, 5.41) is 9.42. The molecule has 0 bridgehead atoms. The Morgan fingerprint density at radius 1 is 1.26 bits per heavy atom. The molecule has 2 aromatic rings. The van der Waals surface area contributed by atoms with E-state index in [2.05, 4.69) is 19.6 Å². The maximum atomic E-state index is 12.7. The van der Waals surface area contributed by atoms with Crippen LogP contribution in [0.15, 0.2) is 29.5 Å². The van der Waals surface area contributed by atoms with Crippen molar-refractivity contribution in [1.82, 2.24) is 9.13 Å². The van der Waals surface area contributed by atoms with Gasteiger partial charge in [0.1, 0.15) is 19.3 Å². The predicted molar refractivity (Wildman–Crippen MR) is 102 cm³/mol. The van der Waals surface area contributed by atoms with Crippen LogP contribution in [0, 0.1) is 0 Å². The van der Waals surface area contributed by atoms with E-state index in [1.807, 2.05) is 0 Å². The Labute approximate surface area is 157 Å². The fraction of sp³-hybridized carbons (Fsp3) is 0.444. The van der Waals surface area contributed by atoms with Crippen molar-refractivity contribution in [2.24, 2.45) is 7.05 Å². The number of benzene rings is 1. The minimum Gasteiger partial charge on any atom is -0.478 e. The third-order valence-corrected chi connectivity index (χ3v) is 6.15. The van der Waals surface area contributed by atoms with Crippen LogP contribution < -0.4 is 5.69 Å². The van der Waals surface area contributed by atoms with Crippen LogP contribution in [0.4, 0.5) is 0 Å². The highest BCUT2D eigenvalue weighted by Crippen LogP contribution is 2.31. The maximum absolute atomic E-state index is 12.7. The first kappa shape index (κ1) is 19.2. The van der Waals surface area contributed by atoms with E-state index in [1.165, 1.54) is 33.8 Å². The van der Waals surface area contributed by atoms with Gasteiger partial charge in [-0.2, -0.15) is 0 Å². The number of aromatic carboxylic acids is 1. The predicted octanol–water partition coefficient (Wildman–Crippen LogP) is 2.87. The van der Waals surface area contributed by atoms with Crippen molar-refractivity contribution >= 4 is 25.1 Å². The summed E-state index contributed by atoms with van der Waals surface area (Å²) in [5.41, 5.74) is 1.29. The summed E-state index contributed by atoms with van der Waals surface area (Å²) in [6, 6.07) is 3.94. The molecule has 27 heavy (non-hydrogen) atoms. The maximum Gasteiger partial charge on any atom is 0.335 e. The zero-order valence-corrected chi connectivity index (χ0v) is 16.9. The first-order valence-electron chi connectivity index (χ1n) is 8.69. The van der Waals surface area contributed by atoms with E-state index >= 15 is 0 Å². The summed E-state index contributed by atoms with van der Waals surface area (Å²) in [6.45, 7) is 7.43. The van der Waals surface area contributed by atoms with Gasteiger partial charge >= 0.3 is 11.7 Å². The number of aryl methyl sites for hydroxylation is 1. The number of hydrogen-bond acceptors (Lipinski definition) is 5. The molecule has 0 spiro atoms. The van der Waals surface area contributed by atoms with Crippen LogP contribution in [0.3, 0.4) is 0 Å². The molecule has 1 N–H and O–H groups in total. The Kier molecular flexibility index (Phi) is 5.16. The second-order valence-electron chi connectivity index (χ2n) is 7.73. The first-order valence-corrected chi connectivity index (χ1v) is 12.4. The zero-order chi connectivity index (χ0) is 19.8. The van der Waals surface area contributed by atoms with Gasteiger partial charge in [0.15, 0.2) is 0 Å².